The number of aromatic amines is 2. The van der Waals surface area contributed by atoms with Crippen LogP contribution in [0.15, 0.2) is 39.9 Å². The molecule has 3 rings (SSSR count). The van der Waals surface area contributed by atoms with Gasteiger partial charge in [-0.1, -0.05) is 12.1 Å². The lowest BCUT2D eigenvalue weighted by Crippen LogP contribution is -2.18. The zero-order valence-electron chi connectivity index (χ0n) is 8.65. The van der Waals surface area contributed by atoms with E-state index in [2.05, 4.69) is 10.2 Å². The van der Waals surface area contributed by atoms with Crippen molar-refractivity contribution in [3.05, 3.63) is 51.0 Å². The number of H-pyrrole nitrogens is 2. The molecule has 0 spiro atoms. The number of phenols is 1. The van der Waals surface area contributed by atoms with E-state index in [0.717, 1.165) is 0 Å². The molecule has 0 fully saturated rings. The third-order valence-corrected chi connectivity index (χ3v) is 2.77. The molecule has 0 aliphatic carbocycles. The van der Waals surface area contributed by atoms with Gasteiger partial charge in [0.2, 0.25) is 0 Å². The number of rotatable bonds is 0. The summed E-state index contributed by atoms with van der Waals surface area (Å²) in [5.41, 5.74) is -0.741. The summed E-state index contributed by atoms with van der Waals surface area (Å²) in [4.78, 5) is 23.1. The van der Waals surface area contributed by atoms with Crippen LogP contribution in [0, 0.1) is 0 Å². The van der Waals surface area contributed by atoms with Gasteiger partial charge in [-0.15, -0.1) is 0 Å². The summed E-state index contributed by atoms with van der Waals surface area (Å²) in [5.74, 6) is 0.0871. The molecule has 5 heteroatoms. The largest absolute Gasteiger partial charge is 0.507 e. The Balaban J connectivity index is 2.66. The summed E-state index contributed by atoms with van der Waals surface area (Å²) in [6.07, 6.45) is 0. The molecule has 5 nitrogen and oxygen atoms in total. The van der Waals surface area contributed by atoms with Crippen LogP contribution in [0.3, 0.4) is 0 Å². The standard InChI is InChI=1S/C12H8N2O3/c15-10-3-1-2-6-4-8-9(5-7(6)10)12(17)14-13-11(8)16/h1-5,15H,(H,13,16)(H,14,17). The predicted molar refractivity (Wildman–Crippen MR) is 64.4 cm³/mol. The van der Waals surface area contributed by atoms with Crippen molar-refractivity contribution in [2.45, 2.75) is 0 Å². The third kappa shape index (κ3) is 1.32. The second-order valence-electron chi connectivity index (χ2n) is 3.80. The molecule has 0 aliphatic heterocycles. The Morgan fingerprint density at radius 3 is 2.24 bits per heavy atom. The van der Waals surface area contributed by atoms with Crippen molar-refractivity contribution >= 4 is 21.5 Å². The lowest BCUT2D eigenvalue weighted by molar-refractivity contribution is 0.481. The number of aromatic nitrogens is 2. The van der Waals surface area contributed by atoms with Crippen molar-refractivity contribution in [2.24, 2.45) is 0 Å². The maximum absolute atomic E-state index is 11.6. The summed E-state index contributed by atoms with van der Waals surface area (Å²) in [7, 11) is 0. The van der Waals surface area contributed by atoms with Crippen LogP contribution in [0.5, 0.6) is 5.75 Å². The zero-order chi connectivity index (χ0) is 12.0. The van der Waals surface area contributed by atoms with Gasteiger partial charge in [0, 0.05) is 5.39 Å². The molecule has 0 bridgehead atoms. The molecule has 3 aromatic rings. The van der Waals surface area contributed by atoms with Gasteiger partial charge < -0.3 is 5.11 Å². The highest BCUT2D eigenvalue weighted by Gasteiger charge is 2.06. The second kappa shape index (κ2) is 3.21. The molecule has 0 radical (unpaired) electrons. The molecule has 3 N–H and O–H groups in total. The van der Waals surface area contributed by atoms with Crippen molar-refractivity contribution in [1.29, 1.82) is 0 Å². The monoisotopic (exact) mass is 228 g/mol. The van der Waals surface area contributed by atoms with Gasteiger partial charge in [-0.3, -0.25) is 19.8 Å². The normalized spacial score (nSPS) is 11.1. The Morgan fingerprint density at radius 1 is 0.882 bits per heavy atom. The molecule has 1 heterocycles. The zero-order valence-corrected chi connectivity index (χ0v) is 8.65. The predicted octanol–water partition coefficient (Wildman–Crippen LogP) is 1.08. The van der Waals surface area contributed by atoms with Crippen LogP contribution in [0.25, 0.3) is 21.5 Å². The maximum atomic E-state index is 11.6. The Bertz CT molecular complexity index is 846. The first-order chi connectivity index (χ1) is 8.16. The van der Waals surface area contributed by atoms with Gasteiger partial charge >= 0.3 is 0 Å². The number of aromatic hydroxyl groups is 1. The van der Waals surface area contributed by atoms with Crippen molar-refractivity contribution in [3.8, 4) is 5.75 Å². The topological polar surface area (TPSA) is 86.0 Å². The van der Waals surface area contributed by atoms with Crippen molar-refractivity contribution < 1.29 is 5.11 Å². The van der Waals surface area contributed by atoms with Crippen LogP contribution in [0.1, 0.15) is 0 Å². The van der Waals surface area contributed by atoms with Gasteiger partial charge in [-0.2, -0.15) is 0 Å². The highest BCUT2D eigenvalue weighted by Crippen LogP contribution is 2.26. The van der Waals surface area contributed by atoms with Crippen LogP contribution in [0.2, 0.25) is 0 Å². The number of hydrogen-bond donors (Lipinski definition) is 3. The number of benzene rings is 2. The summed E-state index contributed by atoms with van der Waals surface area (Å²) in [6.45, 7) is 0. The van der Waals surface area contributed by atoms with E-state index in [1.807, 2.05) is 0 Å². The molecule has 0 atom stereocenters. The Kier molecular flexibility index (Phi) is 1.82. The number of nitrogens with one attached hydrogen (secondary N) is 2. The molecular weight excluding hydrogens is 220 g/mol. The van der Waals surface area contributed by atoms with Crippen molar-refractivity contribution in [3.63, 3.8) is 0 Å². The SMILES string of the molecule is O=c1[nH][nH]c(=O)c2cc3c(O)cccc3cc12. The Labute approximate surface area is 94.3 Å². The van der Waals surface area contributed by atoms with Crippen LogP contribution in [0.4, 0.5) is 0 Å². The molecule has 1 aromatic heterocycles. The minimum Gasteiger partial charge on any atom is -0.507 e. The fourth-order valence-electron chi connectivity index (χ4n) is 1.93. The van der Waals surface area contributed by atoms with Gasteiger partial charge in [0.25, 0.3) is 11.1 Å². The molecule has 0 amide bonds. The summed E-state index contributed by atoms with van der Waals surface area (Å²) in [6, 6.07) is 8.11. The van der Waals surface area contributed by atoms with E-state index < -0.39 is 0 Å². The van der Waals surface area contributed by atoms with E-state index in [1.165, 1.54) is 12.1 Å². The smallest absolute Gasteiger partial charge is 0.270 e. The van der Waals surface area contributed by atoms with Crippen LogP contribution in [-0.4, -0.2) is 15.3 Å². The van der Waals surface area contributed by atoms with Gasteiger partial charge in [0.05, 0.1) is 10.8 Å². The van der Waals surface area contributed by atoms with Gasteiger partial charge in [-0.05, 0) is 23.6 Å². The molecule has 2 aromatic carbocycles. The van der Waals surface area contributed by atoms with E-state index in [0.29, 0.717) is 16.2 Å². The molecule has 0 unspecified atom stereocenters. The Hall–Kier alpha value is -2.56. The average Bonchev–Trinajstić information content (AvgIpc) is 2.33. The minimum absolute atomic E-state index is 0.0871. The van der Waals surface area contributed by atoms with E-state index in [9.17, 15) is 14.7 Å². The molecule has 0 saturated heterocycles. The first-order valence-electron chi connectivity index (χ1n) is 5.03. The number of hydrogen-bond acceptors (Lipinski definition) is 3. The van der Waals surface area contributed by atoms with Gasteiger partial charge in [0.1, 0.15) is 5.75 Å². The third-order valence-electron chi connectivity index (χ3n) is 2.77. The fourth-order valence-corrected chi connectivity index (χ4v) is 1.93. The highest BCUT2D eigenvalue weighted by molar-refractivity contribution is 5.99. The fraction of sp³-hybridized carbons (Fsp3) is 0. The number of phenolic OH excluding ortho intramolecular Hbond substituents is 1. The quantitative estimate of drug-likeness (QED) is 0.503. The summed E-state index contributed by atoms with van der Waals surface area (Å²) < 4.78 is 0. The Morgan fingerprint density at radius 2 is 1.53 bits per heavy atom. The lowest BCUT2D eigenvalue weighted by Gasteiger charge is -2.02. The minimum atomic E-state index is -0.384. The molecule has 84 valence electrons. The highest BCUT2D eigenvalue weighted by atomic mass is 16.3. The van der Waals surface area contributed by atoms with E-state index >= 15 is 0 Å². The molecular formula is C12H8N2O3. The maximum Gasteiger partial charge on any atom is 0.270 e. The van der Waals surface area contributed by atoms with Crippen LogP contribution >= 0.6 is 0 Å². The van der Waals surface area contributed by atoms with Crippen LogP contribution in [-0.2, 0) is 0 Å². The van der Waals surface area contributed by atoms with E-state index in [1.54, 1.807) is 18.2 Å². The van der Waals surface area contributed by atoms with Crippen molar-refractivity contribution in [2.75, 3.05) is 0 Å². The summed E-state index contributed by atoms with van der Waals surface area (Å²) in [5, 5.41) is 16.1. The first kappa shape index (κ1) is 9.65. The second-order valence-corrected chi connectivity index (χ2v) is 3.80. The average molecular weight is 228 g/mol. The summed E-state index contributed by atoms with van der Waals surface area (Å²) >= 11 is 0. The van der Waals surface area contributed by atoms with E-state index in [4.69, 9.17) is 0 Å². The molecule has 0 aliphatic rings. The van der Waals surface area contributed by atoms with Crippen molar-refractivity contribution in [1.82, 2.24) is 10.2 Å². The van der Waals surface area contributed by atoms with Gasteiger partial charge in [0.15, 0.2) is 0 Å². The van der Waals surface area contributed by atoms with Crippen LogP contribution < -0.4 is 11.1 Å². The van der Waals surface area contributed by atoms with Gasteiger partial charge in [-0.25, -0.2) is 0 Å². The molecule has 17 heavy (non-hydrogen) atoms. The first-order valence-corrected chi connectivity index (χ1v) is 5.03. The number of fused-ring (bicyclic) bond motifs is 2. The lowest BCUT2D eigenvalue weighted by atomic mass is 10.1. The van der Waals surface area contributed by atoms with E-state index in [-0.39, 0.29) is 22.3 Å². The molecule has 0 saturated carbocycles.